The Morgan fingerprint density at radius 3 is 2.41 bits per heavy atom. The molecule has 0 fully saturated rings. The van der Waals surface area contributed by atoms with Gasteiger partial charge in [-0.25, -0.2) is 0 Å². The number of nitrogens with one attached hydrogen (secondary N) is 1. The van der Waals surface area contributed by atoms with E-state index in [0.717, 1.165) is 23.0 Å². The number of ether oxygens (including phenoxy) is 2. The van der Waals surface area contributed by atoms with Crippen LogP contribution < -0.4 is 14.8 Å². The Morgan fingerprint density at radius 1 is 1.00 bits per heavy atom. The third-order valence-electron chi connectivity index (χ3n) is 4.56. The summed E-state index contributed by atoms with van der Waals surface area (Å²) in [6.07, 6.45) is 0. The van der Waals surface area contributed by atoms with Gasteiger partial charge in [0.1, 0.15) is 5.69 Å². The van der Waals surface area contributed by atoms with Crippen LogP contribution in [-0.2, 0) is 6.54 Å². The molecule has 0 radical (unpaired) electrons. The largest absolute Gasteiger partial charge is 0.490 e. The molecule has 1 N–H and O–H groups in total. The van der Waals surface area contributed by atoms with Gasteiger partial charge in [-0.15, -0.1) is 0 Å². The normalized spacial score (nSPS) is 10.8. The molecule has 1 heterocycles. The highest BCUT2D eigenvalue weighted by Gasteiger charge is 2.20. The summed E-state index contributed by atoms with van der Waals surface area (Å²) in [7, 11) is 0. The first kappa shape index (κ1) is 18.8. The van der Waals surface area contributed by atoms with Crippen molar-refractivity contribution in [2.24, 2.45) is 0 Å². The Morgan fingerprint density at radius 2 is 1.70 bits per heavy atom. The summed E-state index contributed by atoms with van der Waals surface area (Å²) >= 11 is 0. The Bertz CT molecular complexity index is 960. The fourth-order valence-electron chi connectivity index (χ4n) is 3.42. The van der Waals surface area contributed by atoms with E-state index in [2.05, 4.69) is 16.0 Å². The summed E-state index contributed by atoms with van der Waals surface area (Å²) in [5.41, 5.74) is 3.43. The van der Waals surface area contributed by atoms with E-state index in [9.17, 15) is 4.79 Å². The summed E-state index contributed by atoms with van der Waals surface area (Å²) < 4.78 is 13.3. The second-order valence-corrected chi connectivity index (χ2v) is 6.22. The molecule has 27 heavy (non-hydrogen) atoms. The molecule has 0 aliphatic carbocycles. The second kappa shape index (κ2) is 8.16. The average Bonchev–Trinajstić information content (AvgIpc) is 2.96. The van der Waals surface area contributed by atoms with Gasteiger partial charge in [-0.3, -0.25) is 4.79 Å². The van der Waals surface area contributed by atoms with Gasteiger partial charge in [-0.05, 0) is 51.5 Å². The first-order valence-corrected chi connectivity index (χ1v) is 9.39. The third kappa shape index (κ3) is 3.63. The van der Waals surface area contributed by atoms with Gasteiger partial charge in [0.15, 0.2) is 11.5 Å². The Labute approximate surface area is 159 Å². The number of benzene rings is 2. The smallest absolute Gasteiger partial charge is 0.272 e. The number of hydrogen-bond acceptors (Lipinski definition) is 3. The van der Waals surface area contributed by atoms with Crippen LogP contribution in [0.1, 0.15) is 36.8 Å². The number of carbonyl (C=O) groups excluding carboxylic acids is 1. The molecule has 5 heteroatoms. The van der Waals surface area contributed by atoms with Crippen LogP contribution in [-0.4, -0.2) is 23.7 Å². The summed E-state index contributed by atoms with van der Waals surface area (Å²) in [4.78, 5) is 13.1. The zero-order valence-corrected chi connectivity index (χ0v) is 16.3. The van der Waals surface area contributed by atoms with Gasteiger partial charge in [0.25, 0.3) is 5.91 Å². The van der Waals surface area contributed by atoms with Crippen LogP contribution in [0.2, 0.25) is 0 Å². The van der Waals surface area contributed by atoms with Crippen molar-refractivity contribution in [3.8, 4) is 11.5 Å². The predicted octanol–water partition coefficient (Wildman–Crippen LogP) is 5.02. The van der Waals surface area contributed by atoms with Crippen molar-refractivity contribution in [1.82, 2.24) is 4.57 Å². The summed E-state index contributed by atoms with van der Waals surface area (Å²) in [5.74, 6) is 1.18. The molecule has 0 saturated carbocycles. The van der Waals surface area contributed by atoms with Gasteiger partial charge < -0.3 is 19.4 Å². The minimum Gasteiger partial charge on any atom is -0.490 e. The third-order valence-corrected chi connectivity index (χ3v) is 4.56. The number of fused-ring (bicyclic) bond motifs is 1. The van der Waals surface area contributed by atoms with Crippen LogP contribution in [0.25, 0.3) is 10.9 Å². The van der Waals surface area contributed by atoms with Gasteiger partial charge in [0.05, 0.1) is 13.2 Å². The zero-order valence-electron chi connectivity index (χ0n) is 16.3. The Kier molecular flexibility index (Phi) is 5.69. The lowest BCUT2D eigenvalue weighted by atomic mass is 10.1. The number of aromatic nitrogens is 1. The maximum atomic E-state index is 13.1. The lowest BCUT2D eigenvalue weighted by Crippen LogP contribution is -2.18. The molecule has 1 aromatic heterocycles. The molecule has 5 nitrogen and oxygen atoms in total. The first-order chi connectivity index (χ1) is 13.1. The Balaban J connectivity index is 1.95. The van der Waals surface area contributed by atoms with Crippen molar-refractivity contribution in [3.05, 3.63) is 53.7 Å². The number of para-hydroxylation sites is 1. The van der Waals surface area contributed by atoms with Gasteiger partial charge in [0.2, 0.25) is 0 Å². The van der Waals surface area contributed by atoms with Crippen molar-refractivity contribution in [2.75, 3.05) is 18.5 Å². The van der Waals surface area contributed by atoms with Gasteiger partial charge in [-0.1, -0.05) is 18.2 Å². The monoisotopic (exact) mass is 366 g/mol. The van der Waals surface area contributed by atoms with Gasteiger partial charge in [0, 0.05) is 29.2 Å². The minimum atomic E-state index is -0.128. The summed E-state index contributed by atoms with van der Waals surface area (Å²) in [6.45, 7) is 9.70. The van der Waals surface area contributed by atoms with E-state index >= 15 is 0 Å². The molecule has 1 amide bonds. The quantitative estimate of drug-likeness (QED) is 0.639. The predicted molar refractivity (Wildman–Crippen MR) is 109 cm³/mol. The number of aryl methyl sites for hydroxylation is 2. The first-order valence-electron chi connectivity index (χ1n) is 9.39. The molecule has 0 bridgehead atoms. The lowest BCUT2D eigenvalue weighted by molar-refractivity contribution is 0.101. The van der Waals surface area contributed by atoms with Crippen LogP contribution in [0.4, 0.5) is 5.69 Å². The van der Waals surface area contributed by atoms with Crippen molar-refractivity contribution >= 4 is 22.5 Å². The van der Waals surface area contributed by atoms with E-state index in [-0.39, 0.29) is 5.91 Å². The molecule has 3 aromatic rings. The SMILES string of the molecule is CCOc1ccc(NC(=O)c2c(C)c3ccccc3n2CC)cc1OCC. The summed E-state index contributed by atoms with van der Waals surface area (Å²) in [6, 6.07) is 13.6. The fraction of sp³-hybridized carbons (Fsp3) is 0.318. The van der Waals surface area contributed by atoms with E-state index in [1.807, 2.05) is 58.0 Å². The van der Waals surface area contributed by atoms with E-state index in [1.165, 1.54) is 0 Å². The fourth-order valence-corrected chi connectivity index (χ4v) is 3.42. The van der Waals surface area contributed by atoms with Crippen LogP contribution in [0, 0.1) is 6.92 Å². The molecule has 3 rings (SSSR count). The molecule has 2 aromatic carbocycles. The van der Waals surface area contributed by atoms with Gasteiger partial charge in [-0.2, -0.15) is 0 Å². The number of rotatable bonds is 7. The van der Waals surface area contributed by atoms with E-state index in [0.29, 0.717) is 36.1 Å². The highest BCUT2D eigenvalue weighted by atomic mass is 16.5. The second-order valence-electron chi connectivity index (χ2n) is 6.22. The number of hydrogen-bond donors (Lipinski definition) is 1. The topological polar surface area (TPSA) is 52.5 Å². The van der Waals surface area contributed by atoms with E-state index in [4.69, 9.17) is 9.47 Å². The number of amides is 1. The molecular formula is C22H26N2O3. The van der Waals surface area contributed by atoms with Crippen molar-refractivity contribution in [1.29, 1.82) is 0 Å². The molecule has 0 saturated heterocycles. The maximum absolute atomic E-state index is 13.1. The van der Waals surface area contributed by atoms with E-state index < -0.39 is 0 Å². The molecule has 0 atom stereocenters. The van der Waals surface area contributed by atoms with Crippen LogP contribution in [0.15, 0.2) is 42.5 Å². The van der Waals surface area contributed by atoms with Crippen molar-refractivity contribution in [3.63, 3.8) is 0 Å². The molecule has 0 aliphatic rings. The molecule has 142 valence electrons. The summed E-state index contributed by atoms with van der Waals surface area (Å²) in [5, 5.41) is 4.11. The maximum Gasteiger partial charge on any atom is 0.272 e. The van der Waals surface area contributed by atoms with Crippen molar-refractivity contribution < 1.29 is 14.3 Å². The minimum absolute atomic E-state index is 0.128. The van der Waals surface area contributed by atoms with Crippen LogP contribution in [0.5, 0.6) is 11.5 Å². The highest BCUT2D eigenvalue weighted by Crippen LogP contribution is 2.31. The van der Waals surface area contributed by atoms with Crippen LogP contribution in [0.3, 0.4) is 0 Å². The highest BCUT2D eigenvalue weighted by molar-refractivity contribution is 6.08. The average molecular weight is 366 g/mol. The molecule has 0 unspecified atom stereocenters. The van der Waals surface area contributed by atoms with Gasteiger partial charge >= 0.3 is 0 Å². The van der Waals surface area contributed by atoms with Crippen LogP contribution >= 0.6 is 0 Å². The zero-order chi connectivity index (χ0) is 19.4. The Hall–Kier alpha value is -2.95. The number of anilines is 1. The molecular weight excluding hydrogens is 340 g/mol. The number of nitrogens with zero attached hydrogens (tertiary/aromatic N) is 1. The van der Waals surface area contributed by atoms with Crippen molar-refractivity contribution in [2.45, 2.75) is 34.2 Å². The molecule has 0 aliphatic heterocycles. The molecule has 0 spiro atoms. The standard InChI is InChI=1S/C22H26N2O3/c1-5-24-18-11-9-8-10-17(18)15(4)21(24)22(25)23-16-12-13-19(26-6-2)20(14-16)27-7-3/h8-14H,5-7H2,1-4H3,(H,23,25). The lowest BCUT2D eigenvalue weighted by Gasteiger charge is -2.14. The number of carbonyl (C=O) groups is 1. The van der Waals surface area contributed by atoms with E-state index in [1.54, 1.807) is 6.07 Å².